The molecule has 1 atom stereocenters. The summed E-state index contributed by atoms with van der Waals surface area (Å²) in [5, 5.41) is 6.79. The van der Waals surface area contributed by atoms with E-state index >= 15 is 0 Å². The van der Waals surface area contributed by atoms with Crippen LogP contribution in [-0.4, -0.2) is 52.3 Å². The monoisotopic (exact) mass is 370 g/mol. The topological polar surface area (TPSA) is 93.5 Å². The van der Waals surface area contributed by atoms with E-state index in [1.807, 2.05) is 30.3 Å². The number of ether oxygens (including phenoxy) is 1. The Morgan fingerprint density at radius 3 is 2.78 bits per heavy atom. The highest BCUT2D eigenvalue weighted by Gasteiger charge is 2.33. The van der Waals surface area contributed by atoms with Crippen LogP contribution in [0.3, 0.4) is 0 Å². The van der Waals surface area contributed by atoms with Crippen LogP contribution in [0, 0.1) is 0 Å². The molecule has 1 saturated heterocycles. The van der Waals surface area contributed by atoms with Gasteiger partial charge in [-0.25, -0.2) is 4.68 Å². The zero-order valence-electron chi connectivity index (χ0n) is 14.9. The molecule has 0 radical (unpaired) electrons. The van der Waals surface area contributed by atoms with E-state index in [-0.39, 0.29) is 30.6 Å². The summed E-state index contributed by atoms with van der Waals surface area (Å²) in [5.74, 6) is -0.461. The SMILES string of the molecule is O=C(NCCCn1ncccc1=O)C1COCC(=O)N1Cc1ccccc1. The molecule has 1 aliphatic heterocycles. The Balaban J connectivity index is 1.54. The number of carbonyl (C=O) groups is 2. The van der Waals surface area contributed by atoms with Crippen LogP contribution in [0.4, 0.5) is 0 Å². The van der Waals surface area contributed by atoms with Gasteiger partial charge in [0.2, 0.25) is 11.8 Å². The predicted molar refractivity (Wildman–Crippen MR) is 97.7 cm³/mol. The van der Waals surface area contributed by atoms with Gasteiger partial charge in [0.05, 0.1) is 6.61 Å². The van der Waals surface area contributed by atoms with Crippen molar-refractivity contribution in [3.8, 4) is 0 Å². The highest BCUT2D eigenvalue weighted by Crippen LogP contribution is 2.13. The molecule has 0 bridgehead atoms. The van der Waals surface area contributed by atoms with Gasteiger partial charge in [0.1, 0.15) is 12.6 Å². The molecular formula is C19H22N4O4. The maximum Gasteiger partial charge on any atom is 0.266 e. The van der Waals surface area contributed by atoms with Gasteiger partial charge >= 0.3 is 0 Å². The number of hydrogen-bond acceptors (Lipinski definition) is 5. The standard InChI is InChI=1S/C19H22N4O4/c24-17-8-4-10-21-23(17)11-5-9-20-19(26)16-13-27-14-18(25)22(16)12-15-6-2-1-3-7-15/h1-4,6-8,10,16H,5,9,11-14H2,(H,20,26). The first-order chi connectivity index (χ1) is 13.1. The van der Waals surface area contributed by atoms with Crippen LogP contribution in [0.25, 0.3) is 0 Å². The van der Waals surface area contributed by atoms with Crippen LogP contribution in [0.15, 0.2) is 53.5 Å². The molecule has 1 aromatic heterocycles. The van der Waals surface area contributed by atoms with Crippen molar-refractivity contribution in [2.24, 2.45) is 0 Å². The summed E-state index contributed by atoms with van der Waals surface area (Å²) in [7, 11) is 0. The molecule has 1 fully saturated rings. The van der Waals surface area contributed by atoms with Crippen molar-refractivity contribution >= 4 is 11.8 Å². The van der Waals surface area contributed by atoms with Gasteiger partial charge in [0.15, 0.2) is 0 Å². The molecule has 0 spiro atoms. The molecule has 1 aliphatic rings. The summed E-state index contributed by atoms with van der Waals surface area (Å²) in [5.41, 5.74) is 0.782. The van der Waals surface area contributed by atoms with Crippen molar-refractivity contribution in [1.82, 2.24) is 20.0 Å². The number of rotatable bonds is 7. The molecule has 1 aromatic carbocycles. The number of morpholine rings is 1. The van der Waals surface area contributed by atoms with Crippen LogP contribution in [-0.2, 0) is 27.4 Å². The molecule has 8 nitrogen and oxygen atoms in total. The third-order valence-electron chi connectivity index (χ3n) is 4.33. The van der Waals surface area contributed by atoms with E-state index in [1.54, 1.807) is 17.2 Å². The second kappa shape index (κ2) is 9.09. The van der Waals surface area contributed by atoms with Gasteiger partial charge in [0.25, 0.3) is 5.56 Å². The highest BCUT2D eigenvalue weighted by atomic mass is 16.5. The Morgan fingerprint density at radius 1 is 1.19 bits per heavy atom. The average molecular weight is 370 g/mol. The van der Waals surface area contributed by atoms with Crippen molar-refractivity contribution in [3.63, 3.8) is 0 Å². The van der Waals surface area contributed by atoms with Gasteiger partial charge in [0, 0.05) is 31.9 Å². The molecule has 2 aromatic rings. The summed E-state index contributed by atoms with van der Waals surface area (Å²) in [6, 6.07) is 11.9. The lowest BCUT2D eigenvalue weighted by molar-refractivity contribution is -0.155. The largest absolute Gasteiger partial charge is 0.369 e. The summed E-state index contributed by atoms with van der Waals surface area (Å²) < 4.78 is 6.62. The Hall–Kier alpha value is -3.00. The quantitative estimate of drug-likeness (QED) is 0.702. The summed E-state index contributed by atoms with van der Waals surface area (Å²) in [6.07, 6.45) is 2.11. The van der Waals surface area contributed by atoms with E-state index in [0.29, 0.717) is 26.1 Å². The minimum absolute atomic E-state index is 0.0147. The molecule has 3 rings (SSSR count). The zero-order chi connectivity index (χ0) is 19.1. The number of benzene rings is 1. The number of aromatic nitrogens is 2. The maximum atomic E-state index is 12.6. The van der Waals surface area contributed by atoms with Crippen molar-refractivity contribution in [2.75, 3.05) is 19.8 Å². The molecule has 1 unspecified atom stereocenters. The van der Waals surface area contributed by atoms with E-state index in [9.17, 15) is 14.4 Å². The van der Waals surface area contributed by atoms with Gasteiger partial charge in [-0.2, -0.15) is 5.10 Å². The third-order valence-corrected chi connectivity index (χ3v) is 4.33. The van der Waals surface area contributed by atoms with Crippen molar-refractivity contribution in [2.45, 2.75) is 25.6 Å². The third kappa shape index (κ3) is 5.01. The Kier molecular flexibility index (Phi) is 6.32. The molecule has 142 valence electrons. The van der Waals surface area contributed by atoms with Crippen molar-refractivity contribution < 1.29 is 14.3 Å². The van der Waals surface area contributed by atoms with Gasteiger partial charge in [-0.15, -0.1) is 0 Å². The van der Waals surface area contributed by atoms with Crippen LogP contribution in [0.5, 0.6) is 0 Å². The Bertz CT molecular complexity index is 837. The summed E-state index contributed by atoms with van der Waals surface area (Å²) in [6.45, 7) is 1.31. The number of carbonyl (C=O) groups excluding carboxylic acids is 2. The first kappa shape index (κ1) is 18.8. The minimum atomic E-state index is -0.663. The normalized spacial score (nSPS) is 17.0. The van der Waals surface area contributed by atoms with Crippen LogP contribution in [0.1, 0.15) is 12.0 Å². The minimum Gasteiger partial charge on any atom is -0.369 e. The van der Waals surface area contributed by atoms with E-state index in [1.165, 1.54) is 10.7 Å². The van der Waals surface area contributed by atoms with Crippen LogP contribution < -0.4 is 10.9 Å². The predicted octanol–water partition coefficient (Wildman–Crippen LogP) is 0.177. The smallest absolute Gasteiger partial charge is 0.266 e. The number of nitrogens with zero attached hydrogens (tertiary/aromatic N) is 3. The Morgan fingerprint density at radius 2 is 2.00 bits per heavy atom. The van der Waals surface area contributed by atoms with Gasteiger partial charge in [-0.3, -0.25) is 14.4 Å². The first-order valence-corrected chi connectivity index (χ1v) is 8.86. The van der Waals surface area contributed by atoms with Crippen molar-refractivity contribution in [3.05, 3.63) is 64.6 Å². The number of amides is 2. The zero-order valence-corrected chi connectivity index (χ0v) is 14.9. The van der Waals surface area contributed by atoms with Crippen molar-refractivity contribution in [1.29, 1.82) is 0 Å². The fraction of sp³-hybridized carbons (Fsp3) is 0.368. The van der Waals surface area contributed by atoms with Gasteiger partial charge in [-0.1, -0.05) is 30.3 Å². The van der Waals surface area contributed by atoms with Gasteiger partial charge < -0.3 is 15.0 Å². The second-order valence-corrected chi connectivity index (χ2v) is 6.27. The molecule has 0 saturated carbocycles. The molecule has 27 heavy (non-hydrogen) atoms. The fourth-order valence-corrected chi connectivity index (χ4v) is 2.91. The molecule has 2 heterocycles. The highest BCUT2D eigenvalue weighted by molar-refractivity contribution is 5.89. The first-order valence-electron chi connectivity index (χ1n) is 8.86. The lowest BCUT2D eigenvalue weighted by atomic mass is 10.1. The van der Waals surface area contributed by atoms with Crippen LogP contribution >= 0.6 is 0 Å². The molecule has 0 aliphatic carbocycles. The summed E-state index contributed by atoms with van der Waals surface area (Å²) >= 11 is 0. The number of aryl methyl sites for hydroxylation is 1. The van der Waals surface area contributed by atoms with Gasteiger partial charge in [-0.05, 0) is 18.1 Å². The number of hydrogen-bond donors (Lipinski definition) is 1. The number of nitrogens with one attached hydrogen (secondary N) is 1. The molecule has 8 heteroatoms. The molecule has 2 amide bonds. The van der Waals surface area contributed by atoms with Crippen LogP contribution in [0.2, 0.25) is 0 Å². The van der Waals surface area contributed by atoms with E-state index in [0.717, 1.165) is 5.56 Å². The lowest BCUT2D eigenvalue weighted by Gasteiger charge is -2.34. The maximum absolute atomic E-state index is 12.6. The Labute approximate surface area is 156 Å². The van der Waals surface area contributed by atoms with E-state index in [2.05, 4.69) is 10.4 Å². The fourth-order valence-electron chi connectivity index (χ4n) is 2.91. The van der Waals surface area contributed by atoms with E-state index < -0.39 is 6.04 Å². The summed E-state index contributed by atoms with van der Waals surface area (Å²) in [4.78, 5) is 37.9. The lowest BCUT2D eigenvalue weighted by Crippen LogP contribution is -2.56. The van der Waals surface area contributed by atoms with E-state index in [4.69, 9.17) is 4.74 Å². The molecular weight excluding hydrogens is 348 g/mol. The molecule has 1 N–H and O–H groups in total. The second-order valence-electron chi connectivity index (χ2n) is 6.27. The average Bonchev–Trinajstić information content (AvgIpc) is 2.69.